The van der Waals surface area contributed by atoms with Crippen molar-refractivity contribution in [1.29, 1.82) is 0 Å². The summed E-state index contributed by atoms with van der Waals surface area (Å²) in [6.07, 6.45) is 5.47. The summed E-state index contributed by atoms with van der Waals surface area (Å²) in [4.78, 5) is 35.2. The molecule has 0 aliphatic carbocycles. The Morgan fingerprint density at radius 3 is 2.35 bits per heavy atom. The normalized spacial score (nSPS) is 19.2. The number of hydrogen-bond donors (Lipinski definition) is 0. The van der Waals surface area contributed by atoms with Crippen LogP contribution in [0.2, 0.25) is 0 Å². The number of amides is 2. The zero-order chi connectivity index (χ0) is 21.2. The fourth-order valence-corrected chi connectivity index (χ4v) is 4.16. The molecule has 2 aromatic heterocycles. The SMILES string of the molecule is O=C(C1CC(=O)N(c2ccccc2)C1)N1CCN(c2ccc(-n3ccnc3)nn2)CC1. The predicted octanol–water partition coefficient (Wildman–Crippen LogP) is 1.36. The highest BCUT2D eigenvalue weighted by Crippen LogP contribution is 2.26. The summed E-state index contributed by atoms with van der Waals surface area (Å²) in [6, 6.07) is 13.4. The molecular weight excluding hydrogens is 394 g/mol. The molecule has 0 radical (unpaired) electrons. The van der Waals surface area contributed by atoms with Crippen LogP contribution in [0.15, 0.2) is 61.2 Å². The fraction of sp³-hybridized carbons (Fsp3) is 0.318. The molecule has 2 amide bonds. The van der Waals surface area contributed by atoms with Crippen molar-refractivity contribution in [3.63, 3.8) is 0 Å². The largest absolute Gasteiger partial charge is 0.352 e. The molecule has 2 saturated heterocycles. The molecule has 158 valence electrons. The van der Waals surface area contributed by atoms with Crippen molar-refractivity contribution in [2.45, 2.75) is 6.42 Å². The number of hydrogen-bond acceptors (Lipinski definition) is 6. The van der Waals surface area contributed by atoms with E-state index in [2.05, 4.69) is 20.1 Å². The van der Waals surface area contributed by atoms with Crippen molar-refractivity contribution in [2.24, 2.45) is 5.92 Å². The standard InChI is InChI=1S/C22H23N7O2/c30-21-14-17(15-29(21)18-4-2-1-3-5-18)22(31)27-12-10-26(11-13-27)19-6-7-20(25-24-19)28-9-8-23-16-28/h1-9,16-17H,10-15H2. The molecule has 0 spiro atoms. The van der Waals surface area contributed by atoms with Crippen LogP contribution < -0.4 is 9.80 Å². The topological polar surface area (TPSA) is 87.5 Å². The highest BCUT2D eigenvalue weighted by atomic mass is 16.2. The minimum atomic E-state index is -0.284. The molecule has 9 nitrogen and oxygen atoms in total. The number of imidazole rings is 1. The van der Waals surface area contributed by atoms with Gasteiger partial charge in [0.05, 0.1) is 5.92 Å². The molecule has 31 heavy (non-hydrogen) atoms. The van der Waals surface area contributed by atoms with E-state index in [4.69, 9.17) is 0 Å². The van der Waals surface area contributed by atoms with Gasteiger partial charge in [-0.2, -0.15) is 0 Å². The number of piperazine rings is 1. The quantitative estimate of drug-likeness (QED) is 0.637. The van der Waals surface area contributed by atoms with Gasteiger partial charge in [0.1, 0.15) is 6.33 Å². The zero-order valence-electron chi connectivity index (χ0n) is 17.0. The van der Waals surface area contributed by atoms with Crippen molar-refractivity contribution in [3.8, 4) is 5.82 Å². The van der Waals surface area contributed by atoms with Crippen LogP contribution in [0.5, 0.6) is 0 Å². The van der Waals surface area contributed by atoms with E-state index in [0.717, 1.165) is 11.5 Å². The Morgan fingerprint density at radius 1 is 0.935 bits per heavy atom. The maximum atomic E-state index is 13.0. The van der Waals surface area contributed by atoms with Crippen LogP contribution in [0.3, 0.4) is 0 Å². The monoisotopic (exact) mass is 417 g/mol. The van der Waals surface area contributed by atoms with Gasteiger partial charge < -0.3 is 14.7 Å². The van der Waals surface area contributed by atoms with Crippen LogP contribution >= 0.6 is 0 Å². The highest BCUT2D eigenvalue weighted by molar-refractivity contribution is 6.00. The number of anilines is 2. The van der Waals surface area contributed by atoms with E-state index in [0.29, 0.717) is 38.5 Å². The summed E-state index contributed by atoms with van der Waals surface area (Å²) < 4.78 is 1.80. The predicted molar refractivity (Wildman–Crippen MR) is 115 cm³/mol. The first-order valence-corrected chi connectivity index (χ1v) is 10.4. The Kier molecular flexibility index (Phi) is 5.07. The van der Waals surface area contributed by atoms with Crippen LogP contribution in [0.25, 0.3) is 5.82 Å². The summed E-state index contributed by atoms with van der Waals surface area (Å²) in [5.74, 6) is 1.30. The van der Waals surface area contributed by atoms with Gasteiger partial charge in [0.25, 0.3) is 0 Å². The Morgan fingerprint density at radius 2 is 1.68 bits per heavy atom. The van der Waals surface area contributed by atoms with Gasteiger partial charge in [-0.05, 0) is 24.3 Å². The lowest BCUT2D eigenvalue weighted by Crippen LogP contribution is -2.51. The molecule has 0 N–H and O–H groups in total. The van der Waals surface area contributed by atoms with Crippen molar-refractivity contribution in [1.82, 2.24) is 24.6 Å². The molecule has 1 unspecified atom stereocenters. The van der Waals surface area contributed by atoms with Gasteiger partial charge in [-0.3, -0.25) is 14.2 Å². The molecule has 2 aliphatic rings. The van der Waals surface area contributed by atoms with E-state index in [1.165, 1.54) is 0 Å². The van der Waals surface area contributed by atoms with Crippen LogP contribution in [-0.4, -0.2) is 69.2 Å². The molecule has 0 saturated carbocycles. The van der Waals surface area contributed by atoms with Crippen LogP contribution in [0.4, 0.5) is 11.5 Å². The minimum absolute atomic E-state index is 0.0106. The Labute approximate surface area is 179 Å². The molecule has 2 fully saturated rings. The summed E-state index contributed by atoms with van der Waals surface area (Å²) in [5, 5.41) is 8.60. The van der Waals surface area contributed by atoms with Gasteiger partial charge >= 0.3 is 0 Å². The van der Waals surface area contributed by atoms with E-state index in [9.17, 15) is 9.59 Å². The van der Waals surface area contributed by atoms with Crippen molar-refractivity contribution < 1.29 is 9.59 Å². The van der Waals surface area contributed by atoms with Crippen molar-refractivity contribution in [2.75, 3.05) is 42.5 Å². The minimum Gasteiger partial charge on any atom is -0.352 e. The lowest BCUT2D eigenvalue weighted by molar-refractivity contribution is -0.136. The summed E-state index contributed by atoms with van der Waals surface area (Å²) >= 11 is 0. The van der Waals surface area contributed by atoms with Crippen LogP contribution in [0, 0.1) is 5.92 Å². The first-order chi connectivity index (χ1) is 15.2. The first kappa shape index (κ1) is 19.2. The molecule has 5 rings (SSSR count). The van der Waals surface area contributed by atoms with E-state index in [-0.39, 0.29) is 24.2 Å². The van der Waals surface area contributed by atoms with E-state index >= 15 is 0 Å². The summed E-state index contributed by atoms with van der Waals surface area (Å²) in [7, 11) is 0. The number of carbonyl (C=O) groups is 2. The van der Waals surface area contributed by atoms with Gasteiger partial charge in [0.2, 0.25) is 11.8 Å². The molecule has 2 aliphatic heterocycles. The third-order valence-corrected chi connectivity index (χ3v) is 5.86. The maximum Gasteiger partial charge on any atom is 0.228 e. The molecule has 0 bridgehead atoms. The second-order valence-electron chi connectivity index (χ2n) is 7.77. The van der Waals surface area contributed by atoms with Gasteiger partial charge in [0, 0.05) is 57.2 Å². The Balaban J connectivity index is 1.18. The lowest BCUT2D eigenvalue weighted by atomic mass is 10.1. The van der Waals surface area contributed by atoms with E-state index in [1.807, 2.05) is 53.6 Å². The van der Waals surface area contributed by atoms with Gasteiger partial charge in [-0.1, -0.05) is 18.2 Å². The van der Waals surface area contributed by atoms with Crippen LogP contribution in [0.1, 0.15) is 6.42 Å². The van der Waals surface area contributed by atoms with Gasteiger partial charge in [-0.25, -0.2) is 4.98 Å². The number of carbonyl (C=O) groups excluding carboxylic acids is 2. The number of rotatable bonds is 4. The average molecular weight is 417 g/mol. The molecule has 1 atom stereocenters. The Bertz CT molecular complexity index is 1050. The fourth-order valence-electron chi connectivity index (χ4n) is 4.16. The van der Waals surface area contributed by atoms with Crippen molar-refractivity contribution in [3.05, 3.63) is 61.2 Å². The smallest absolute Gasteiger partial charge is 0.228 e. The first-order valence-electron chi connectivity index (χ1n) is 10.4. The van der Waals surface area contributed by atoms with E-state index in [1.54, 1.807) is 22.0 Å². The zero-order valence-corrected chi connectivity index (χ0v) is 17.0. The Hall–Kier alpha value is -3.75. The summed E-state index contributed by atoms with van der Waals surface area (Å²) in [6.45, 7) is 3.05. The molecular formula is C22H23N7O2. The second-order valence-corrected chi connectivity index (χ2v) is 7.77. The van der Waals surface area contributed by atoms with Gasteiger partial charge in [0.15, 0.2) is 11.6 Å². The lowest BCUT2D eigenvalue weighted by Gasteiger charge is -2.36. The number of aromatic nitrogens is 4. The highest BCUT2D eigenvalue weighted by Gasteiger charge is 2.38. The van der Waals surface area contributed by atoms with Crippen molar-refractivity contribution >= 4 is 23.3 Å². The van der Waals surface area contributed by atoms with Gasteiger partial charge in [-0.15, -0.1) is 10.2 Å². The number of nitrogens with zero attached hydrogens (tertiary/aromatic N) is 7. The third kappa shape index (κ3) is 3.86. The molecule has 9 heteroatoms. The number of benzene rings is 1. The molecule has 3 aromatic rings. The third-order valence-electron chi connectivity index (χ3n) is 5.86. The average Bonchev–Trinajstić information content (AvgIpc) is 3.50. The number of para-hydroxylation sites is 1. The van der Waals surface area contributed by atoms with E-state index < -0.39 is 0 Å². The van der Waals surface area contributed by atoms with Crippen LogP contribution in [-0.2, 0) is 9.59 Å². The maximum absolute atomic E-state index is 13.0. The second kappa shape index (κ2) is 8.17. The molecule has 1 aromatic carbocycles. The summed E-state index contributed by atoms with van der Waals surface area (Å²) in [5.41, 5.74) is 0.852. The molecule has 4 heterocycles.